The minimum atomic E-state index is -2.31. The summed E-state index contributed by atoms with van der Waals surface area (Å²) in [6, 6.07) is 0. The average molecular weight is 274 g/mol. The molecule has 7 heteroatoms. The molecule has 0 radical (unpaired) electrons. The van der Waals surface area contributed by atoms with Crippen LogP contribution in [-0.2, 0) is 9.53 Å². The molecule has 2 heterocycles. The molecule has 2 N–H and O–H groups in total. The van der Waals surface area contributed by atoms with Gasteiger partial charge in [0.1, 0.15) is 5.60 Å². The lowest BCUT2D eigenvalue weighted by molar-refractivity contribution is -0.167. The molecule has 108 valence electrons. The monoisotopic (exact) mass is 274 g/mol. The van der Waals surface area contributed by atoms with Crippen LogP contribution in [0.4, 0.5) is 9.18 Å². The van der Waals surface area contributed by atoms with Crippen molar-refractivity contribution in [1.82, 2.24) is 10.2 Å². The highest BCUT2D eigenvalue weighted by Crippen LogP contribution is 2.46. The lowest BCUT2D eigenvalue weighted by Gasteiger charge is -2.51. The molecule has 6 nitrogen and oxygen atoms in total. The molecule has 0 bridgehead atoms. The second-order valence-corrected chi connectivity index (χ2v) is 6.33. The molecule has 0 aromatic carbocycles. The largest absolute Gasteiger partial charge is 0.479 e. The van der Waals surface area contributed by atoms with Crippen LogP contribution >= 0.6 is 0 Å². The number of nitrogens with one attached hydrogen (secondary N) is 1. The van der Waals surface area contributed by atoms with Gasteiger partial charge in [0.2, 0.25) is 5.67 Å². The summed E-state index contributed by atoms with van der Waals surface area (Å²) in [5, 5.41) is 11.8. The molecular formula is C12H19FN2O4. The van der Waals surface area contributed by atoms with E-state index in [4.69, 9.17) is 9.84 Å². The summed E-state index contributed by atoms with van der Waals surface area (Å²) in [5.74, 6) is -1.47. The number of amides is 1. The normalized spacial score (nSPS) is 29.2. The molecule has 2 fully saturated rings. The molecule has 19 heavy (non-hydrogen) atoms. The van der Waals surface area contributed by atoms with Gasteiger partial charge in [-0.1, -0.05) is 0 Å². The van der Waals surface area contributed by atoms with Crippen molar-refractivity contribution in [1.29, 1.82) is 0 Å². The van der Waals surface area contributed by atoms with Crippen LogP contribution in [0.25, 0.3) is 0 Å². The van der Waals surface area contributed by atoms with E-state index in [0.29, 0.717) is 0 Å². The number of carboxylic acids is 1. The minimum absolute atomic E-state index is 0.0672. The number of likely N-dealkylation sites (tertiary alicyclic amines) is 1. The summed E-state index contributed by atoms with van der Waals surface area (Å²) in [5.41, 5.74) is -3.96. The van der Waals surface area contributed by atoms with Crippen LogP contribution in [0, 0.1) is 5.41 Å². The molecule has 0 aromatic heterocycles. The van der Waals surface area contributed by atoms with Crippen LogP contribution in [0.5, 0.6) is 0 Å². The SMILES string of the molecule is CC(C)(C)OC(=O)N1CC2(CNC[C@@]2(F)C(=O)O)C1. The van der Waals surface area contributed by atoms with Gasteiger partial charge in [0, 0.05) is 26.2 Å². The molecule has 1 amide bonds. The Morgan fingerprint density at radius 1 is 1.32 bits per heavy atom. The Hall–Kier alpha value is -1.37. The van der Waals surface area contributed by atoms with Crippen LogP contribution in [0.3, 0.4) is 0 Å². The third kappa shape index (κ3) is 2.16. The van der Waals surface area contributed by atoms with E-state index in [1.165, 1.54) is 4.90 Å². The maximum Gasteiger partial charge on any atom is 0.410 e. The zero-order valence-corrected chi connectivity index (χ0v) is 11.3. The van der Waals surface area contributed by atoms with Gasteiger partial charge in [-0.3, -0.25) is 0 Å². The smallest absolute Gasteiger partial charge is 0.410 e. The van der Waals surface area contributed by atoms with E-state index in [2.05, 4.69) is 5.32 Å². The lowest BCUT2D eigenvalue weighted by atomic mass is 9.69. The van der Waals surface area contributed by atoms with Crippen LogP contribution in [0.1, 0.15) is 20.8 Å². The van der Waals surface area contributed by atoms with E-state index in [-0.39, 0.29) is 26.2 Å². The number of halogens is 1. The van der Waals surface area contributed by atoms with Crippen molar-refractivity contribution >= 4 is 12.1 Å². The summed E-state index contributed by atoms with van der Waals surface area (Å²) in [7, 11) is 0. The van der Waals surface area contributed by atoms with Crippen molar-refractivity contribution in [3.05, 3.63) is 0 Å². The van der Waals surface area contributed by atoms with E-state index in [0.717, 1.165) is 0 Å². The zero-order valence-electron chi connectivity index (χ0n) is 11.3. The molecular weight excluding hydrogens is 255 g/mol. The fraction of sp³-hybridized carbons (Fsp3) is 0.833. The van der Waals surface area contributed by atoms with E-state index in [9.17, 15) is 14.0 Å². The third-order valence-electron chi connectivity index (χ3n) is 3.65. The summed E-state index contributed by atoms with van der Waals surface area (Å²) in [4.78, 5) is 24.2. The fourth-order valence-corrected chi connectivity index (χ4v) is 2.61. The predicted molar refractivity (Wildman–Crippen MR) is 64.6 cm³/mol. The van der Waals surface area contributed by atoms with Crippen molar-refractivity contribution in [2.45, 2.75) is 32.0 Å². The fourth-order valence-electron chi connectivity index (χ4n) is 2.61. The summed E-state index contributed by atoms with van der Waals surface area (Å²) >= 11 is 0. The topological polar surface area (TPSA) is 78.9 Å². The van der Waals surface area contributed by atoms with Gasteiger partial charge in [-0.15, -0.1) is 0 Å². The van der Waals surface area contributed by atoms with E-state index in [1.54, 1.807) is 20.8 Å². The molecule has 0 unspecified atom stereocenters. The van der Waals surface area contributed by atoms with Crippen molar-refractivity contribution in [3.8, 4) is 0 Å². The number of ether oxygens (including phenoxy) is 1. The minimum Gasteiger partial charge on any atom is -0.479 e. The first-order valence-electron chi connectivity index (χ1n) is 6.21. The second-order valence-electron chi connectivity index (χ2n) is 6.33. The molecule has 0 saturated carbocycles. The van der Waals surface area contributed by atoms with Crippen molar-refractivity contribution in [2.75, 3.05) is 26.2 Å². The Bertz CT molecular complexity index is 414. The maximum absolute atomic E-state index is 14.5. The summed E-state index contributed by atoms with van der Waals surface area (Å²) in [6.07, 6.45) is -0.530. The first-order valence-corrected chi connectivity index (χ1v) is 6.21. The average Bonchev–Trinajstić information content (AvgIpc) is 2.52. The number of rotatable bonds is 1. The number of carbonyl (C=O) groups is 2. The van der Waals surface area contributed by atoms with Gasteiger partial charge in [0.05, 0.1) is 5.41 Å². The first kappa shape index (κ1) is 14.0. The molecule has 0 aliphatic carbocycles. The lowest BCUT2D eigenvalue weighted by Crippen LogP contribution is -2.69. The van der Waals surface area contributed by atoms with E-state index in [1.807, 2.05) is 0 Å². The number of nitrogens with zero attached hydrogens (tertiary/aromatic N) is 1. The van der Waals surface area contributed by atoms with Gasteiger partial charge in [-0.05, 0) is 20.8 Å². The van der Waals surface area contributed by atoms with Crippen molar-refractivity contribution in [2.24, 2.45) is 5.41 Å². The summed E-state index contributed by atoms with van der Waals surface area (Å²) < 4.78 is 19.6. The predicted octanol–water partition coefficient (Wildman–Crippen LogP) is 0.620. The molecule has 2 aliphatic rings. The van der Waals surface area contributed by atoms with Crippen LogP contribution in [0.2, 0.25) is 0 Å². The van der Waals surface area contributed by atoms with Gasteiger partial charge in [-0.25, -0.2) is 14.0 Å². The zero-order chi connectivity index (χ0) is 14.5. The van der Waals surface area contributed by atoms with E-state index >= 15 is 0 Å². The number of carboxylic acid groups (broad SMARTS) is 1. The van der Waals surface area contributed by atoms with Crippen LogP contribution < -0.4 is 5.32 Å². The highest BCUT2D eigenvalue weighted by Gasteiger charge is 2.67. The van der Waals surface area contributed by atoms with Crippen molar-refractivity contribution < 1.29 is 23.8 Å². The number of alkyl halides is 1. The quantitative estimate of drug-likeness (QED) is 0.733. The Kier molecular flexibility index (Phi) is 3.00. The van der Waals surface area contributed by atoms with Crippen LogP contribution in [0.15, 0.2) is 0 Å². The molecule has 2 saturated heterocycles. The third-order valence-corrected chi connectivity index (χ3v) is 3.65. The van der Waals surface area contributed by atoms with Gasteiger partial charge in [0.25, 0.3) is 0 Å². The molecule has 2 aliphatic heterocycles. The number of hydrogen-bond donors (Lipinski definition) is 2. The molecule has 1 atom stereocenters. The van der Waals surface area contributed by atoms with Gasteiger partial charge < -0.3 is 20.1 Å². The molecule has 2 rings (SSSR count). The maximum atomic E-state index is 14.5. The highest BCUT2D eigenvalue weighted by atomic mass is 19.1. The van der Waals surface area contributed by atoms with E-state index < -0.39 is 28.7 Å². The second kappa shape index (κ2) is 4.06. The molecule has 0 aromatic rings. The van der Waals surface area contributed by atoms with Crippen molar-refractivity contribution in [3.63, 3.8) is 0 Å². The van der Waals surface area contributed by atoms with Crippen LogP contribution in [-0.4, -0.2) is 59.5 Å². The number of hydrogen-bond acceptors (Lipinski definition) is 4. The summed E-state index contributed by atoms with van der Waals surface area (Å²) in [6.45, 7) is 5.41. The Morgan fingerprint density at radius 2 is 1.89 bits per heavy atom. The Morgan fingerprint density at radius 3 is 2.37 bits per heavy atom. The number of carbonyl (C=O) groups excluding carboxylic acids is 1. The Labute approximate surface area is 110 Å². The number of aliphatic carboxylic acids is 1. The highest BCUT2D eigenvalue weighted by molar-refractivity contribution is 5.81. The van der Waals surface area contributed by atoms with Gasteiger partial charge in [-0.2, -0.15) is 0 Å². The van der Waals surface area contributed by atoms with Gasteiger partial charge in [0.15, 0.2) is 0 Å². The Balaban J connectivity index is 2.02. The van der Waals surface area contributed by atoms with Gasteiger partial charge >= 0.3 is 12.1 Å². The first-order chi connectivity index (χ1) is 8.60. The standard InChI is InChI=1S/C12H19FN2O4/c1-10(2,3)19-9(18)15-6-11(7-15)4-14-5-12(11,13)8(16)17/h14H,4-7H2,1-3H3,(H,16,17)/t12-/m1/s1. The molecule has 1 spiro atoms.